The van der Waals surface area contributed by atoms with Crippen LogP contribution in [0.3, 0.4) is 0 Å². The van der Waals surface area contributed by atoms with Gasteiger partial charge in [-0.2, -0.15) is 0 Å². The third-order valence-electron chi connectivity index (χ3n) is 10.3. The standard InChI is InChI=1S/C44H51N3O9Si/c1-29-25-53-40(49)24-31(56-57(44(3,4)5,32-17-10-8-11-18-32)33-19-12-9-13-20-33)16-14-21-37(48)30(2)41(51-7)34-26-54-43(46-34)36-28-55-42(47-36)35-27-52-39(45-35)23-15-22-38(29)50-6/h8-15,17-21,23,26-31,38,41H,16,22,24-25H2,1-7H3/b21-14+,23-15+/t29-,30+,31+,38+,41?/m1/s1. The third-order valence-corrected chi connectivity index (χ3v) is 15.4. The van der Waals surface area contributed by atoms with Crippen LogP contribution in [0.2, 0.25) is 5.04 Å². The molecule has 5 aromatic rings. The van der Waals surface area contributed by atoms with E-state index in [4.69, 9.17) is 31.9 Å². The largest absolute Gasteiger partial charge is 0.465 e. The SMILES string of the molecule is COC1c2coc(n2)-c2coc(n2)-c2coc(n2)/C=C/C[C@H](OC)[C@H](C)COC(=O)C[C@@H](O[Si](c2ccccc2)(c2ccccc2)C(C)(C)C)C/C=C/C(=O)[C@@H]1C. The Labute approximate surface area is 334 Å². The van der Waals surface area contributed by atoms with E-state index in [1.54, 1.807) is 26.2 Å². The number of hydrogen-bond donors (Lipinski definition) is 0. The van der Waals surface area contributed by atoms with Crippen molar-refractivity contribution in [3.05, 3.63) is 109 Å². The Morgan fingerprint density at radius 1 is 0.737 bits per heavy atom. The fraction of sp³-hybridized carbons (Fsp3) is 0.386. The van der Waals surface area contributed by atoms with Crippen LogP contribution in [0.1, 0.15) is 71.6 Å². The van der Waals surface area contributed by atoms with Gasteiger partial charge in [-0.05, 0) is 40.4 Å². The first-order valence-corrected chi connectivity index (χ1v) is 21.1. The van der Waals surface area contributed by atoms with Crippen molar-refractivity contribution in [2.45, 2.75) is 77.2 Å². The first kappa shape index (κ1) is 41.4. The zero-order chi connectivity index (χ0) is 40.6. The molecule has 57 heavy (non-hydrogen) atoms. The number of ether oxygens (including phenoxy) is 3. The van der Waals surface area contributed by atoms with E-state index in [1.165, 1.54) is 32.0 Å². The molecule has 2 aromatic carbocycles. The predicted molar refractivity (Wildman–Crippen MR) is 217 cm³/mol. The number of oxazole rings is 3. The summed E-state index contributed by atoms with van der Waals surface area (Å²) in [5.41, 5.74) is 1.15. The highest BCUT2D eigenvalue weighted by Gasteiger charge is 2.51. The van der Waals surface area contributed by atoms with Crippen molar-refractivity contribution < 1.29 is 41.5 Å². The van der Waals surface area contributed by atoms with Crippen LogP contribution >= 0.6 is 0 Å². The molecule has 0 N–H and O–H groups in total. The molecule has 0 radical (unpaired) electrons. The van der Waals surface area contributed by atoms with Gasteiger partial charge >= 0.3 is 5.97 Å². The lowest BCUT2D eigenvalue weighted by atomic mass is 9.96. The van der Waals surface area contributed by atoms with Crippen LogP contribution < -0.4 is 10.4 Å². The summed E-state index contributed by atoms with van der Waals surface area (Å²) in [6, 6.07) is 20.5. The molecule has 0 fully saturated rings. The van der Waals surface area contributed by atoms with Gasteiger partial charge in [0.25, 0.3) is 8.32 Å². The zero-order valence-corrected chi connectivity index (χ0v) is 34.5. The maximum atomic E-state index is 13.7. The summed E-state index contributed by atoms with van der Waals surface area (Å²) in [6.07, 6.45) is 10.4. The molecule has 0 spiro atoms. The average Bonchev–Trinajstić information content (AvgIpc) is 4.00. The van der Waals surface area contributed by atoms with Crippen molar-refractivity contribution in [2.75, 3.05) is 20.8 Å². The molecule has 5 atom stereocenters. The van der Waals surface area contributed by atoms with Gasteiger partial charge in [-0.1, -0.05) is 107 Å². The number of carbonyl (C=O) groups is 2. The number of methoxy groups -OCH3 is 2. The van der Waals surface area contributed by atoms with Gasteiger partial charge in [-0.25, -0.2) is 15.0 Å². The second kappa shape index (κ2) is 18.4. The highest BCUT2D eigenvalue weighted by atomic mass is 28.4. The van der Waals surface area contributed by atoms with E-state index in [0.29, 0.717) is 29.4 Å². The van der Waals surface area contributed by atoms with Crippen molar-refractivity contribution >= 4 is 36.5 Å². The molecule has 6 bridgehead atoms. The maximum Gasteiger partial charge on any atom is 0.308 e. The summed E-state index contributed by atoms with van der Waals surface area (Å²) < 4.78 is 42.0. The van der Waals surface area contributed by atoms with Gasteiger partial charge in [-0.3, -0.25) is 9.59 Å². The lowest BCUT2D eigenvalue weighted by molar-refractivity contribution is -0.148. The van der Waals surface area contributed by atoms with E-state index in [1.807, 2.05) is 49.4 Å². The first-order chi connectivity index (χ1) is 27.4. The minimum Gasteiger partial charge on any atom is -0.465 e. The van der Waals surface area contributed by atoms with Crippen LogP contribution in [0.15, 0.2) is 111 Å². The summed E-state index contributed by atoms with van der Waals surface area (Å²) in [5.74, 6) is -0.601. The minimum absolute atomic E-state index is 0.0264. The van der Waals surface area contributed by atoms with Gasteiger partial charge in [0.1, 0.15) is 30.6 Å². The first-order valence-electron chi connectivity index (χ1n) is 19.2. The predicted octanol–water partition coefficient (Wildman–Crippen LogP) is 7.77. The summed E-state index contributed by atoms with van der Waals surface area (Å²) in [4.78, 5) is 41.1. The number of hydrogen-bond acceptors (Lipinski definition) is 12. The molecule has 6 rings (SSSR count). The second-order valence-electron chi connectivity index (χ2n) is 15.4. The summed E-state index contributed by atoms with van der Waals surface area (Å²) in [5, 5.41) is 1.81. The fourth-order valence-electron chi connectivity index (χ4n) is 7.26. The van der Waals surface area contributed by atoms with Crippen molar-refractivity contribution in [1.82, 2.24) is 15.0 Å². The quantitative estimate of drug-likeness (QED) is 0.122. The van der Waals surface area contributed by atoms with E-state index in [-0.39, 0.29) is 54.1 Å². The van der Waals surface area contributed by atoms with Crippen molar-refractivity contribution in [2.24, 2.45) is 11.8 Å². The molecule has 0 amide bonds. The Morgan fingerprint density at radius 2 is 1.35 bits per heavy atom. The number of nitrogens with zero attached hydrogens (tertiary/aromatic N) is 3. The number of ketones is 1. The number of fused-ring (bicyclic) bond motifs is 8. The van der Waals surface area contributed by atoms with Gasteiger partial charge in [-0.15, -0.1) is 0 Å². The molecule has 13 heteroatoms. The Hall–Kier alpha value is -5.21. The monoisotopic (exact) mass is 793 g/mol. The second-order valence-corrected chi connectivity index (χ2v) is 19.6. The van der Waals surface area contributed by atoms with Gasteiger partial charge < -0.3 is 31.9 Å². The highest BCUT2D eigenvalue weighted by Crippen LogP contribution is 2.38. The number of benzene rings is 2. The lowest BCUT2D eigenvalue weighted by Crippen LogP contribution is -2.67. The third kappa shape index (κ3) is 9.50. The number of carbonyl (C=O) groups excluding carboxylic acids is 2. The fourth-order valence-corrected chi connectivity index (χ4v) is 12.0. The van der Waals surface area contributed by atoms with Gasteiger partial charge in [0.15, 0.2) is 17.2 Å². The normalized spacial score (nSPS) is 22.9. The van der Waals surface area contributed by atoms with Crippen LogP contribution in [0.5, 0.6) is 0 Å². The number of cyclic esters (lactones) is 1. The molecule has 0 aliphatic carbocycles. The summed E-state index contributed by atoms with van der Waals surface area (Å²) >= 11 is 0. The molecule has 12 nitrogen and oxygen atoms in total. The molecule has 3 aromatic heterocycles. The molecule has 300 valence electrons. The molecule has 1 aliphatic heterocycles. The van der Waals surface area contributed by atoms with E-state index >= 15 is 0 Å². The number of rotatable bonds is 6. The number of allylic oxidation sites excluding steroid dienone is 1. The van der Waals surface area contributed by atoms with Crippen molar-refractivity contribution in [1.29, 1.82) is 0 Å². The summed E-state index contributed by atoms with van der Waals surface area (Å²) in [6.45, 7) is 10.4. The lowest BCUT2D eigenvalue weighted by Gasteiger charge is -2.45. The van der Waals surface area contributed by atoms with E-state index < -0.39 is 32.4 Å². The topological polar surface area (TPSA) is 149 Å². The Kier molecular flexibility index (Phi) is 13.3. The van der Waals surface area contributed by atoms with Gasteiger partial charge in [0.2, 0.25) is 17.7 Å². The Balaban J connectivity index is 1.34. The number of esters is 1. The average molecular weight is 794 g/mol. The smallest absolute Gasteiger partial charge is 0.308 e. The van der Waals surface area contributed by atoms with Crippen LogP contribution in [-0.4, -0.2) is 68.1 Å². The zero-order valence-electron chi connectivity index (χ0n) is 33.5. The van der Waals surface area contributed by atoms with Crippen molar-refractivity contribution in [3.63, 3.8) is 0 Å². The molecule has 1 aliphatic rings. The molecule has 0 saturated carbocycles. The molecular formula is C44H51N3O9Si. The van der Waals surface area contributed by atoms with Crippen LogP contribution in [0, 0.1) is 11.8 Å². The highest BCUT2D eigenvalue weighted by molar-refractivity contribution is 6.99. The molecule has 1 unspecified atom stereocenters. The van der Waals surface area contributed by atoms with Crippen molar-refractivity contribution in [3.8, 4) is 23.2 Å². The van der Waals surface area contributed by atoms with E-state index in [2.05, 4.69) is 60.0 Å². The van der Waals surface area contributed by atoms with Crippen LogP contribution in [-0.2, 0) is 28.2 Å². The molecule has 4 heterocycles. The molecule has 0 saturated heterocycles. The minimum atomic E-state index is -3.09. The van der Waals surface area contributed by atoms with Gasteiger partial charge in [0.05, 0.1) is 31.2 Å². The Bertz CT molecular complexity index is 2090. The van der Waals surface area contributed by atoms with Gasteiger partial charge in [0, 0.05) is 20.1 Å². The van der Waals surface area contributed by atoms with Crippen LogP contribution in [0.4, 0.5) is 0 Å². The van der Waals surface area contributed by atoms with E-state index in [0.717, 1.165) is 10.4 Å². The van der Waals surface area contributed by atoms with E-state index in [9.17, 15) is 9.59 Å². The Morgan fingerprint density at radius 3 is 2.00 bits per heavy atom. The molecular weight excluding hydrogens is 743 g/mol. The summed E-state index contributed by atoms with van der Waals surface area (Å²) in [7, 11) is 0.0600. The maximum absolute atomic E-state index is 13.7. The number of aromatic nitrogens is 3. The van der Waals surface area contributed by atoms with Crippen LogP contribution in [0.25, 0.3) is 29.2 Å².